The van der Waals surface area contributed by atoms with Gasteiger partial charge in [0.05, 0.1) is 32.3 Å². The molecule has 38 heavy (non-hydrogen) atoms. The van der Waals surface area contributed by atoms with Gasteiger partial charge in [-0.25, -0.2) is 0 Å². The molecule has 0 saturated heterocycles. The van der Waals surface area contributed by atoms with Gasteiger partial charge in [0.1, 0.15) is 0 Å². The van der Waals surface area contributed by atoms with Crippen molar-refractivity contribution in [1.82, 2.24) is 15.2 Å². The van der Waals surface area contributed by atoms with Crippen LogP contribution in [0, 0.1) is 0 Å². The standard InChI is InChI=1S/C29H29N3O5S/c1-18(20-7-5-4-6-8-20)30-29(38)32(15-19-9-10-24-27(11-19)37-17-36-24)16-22-12-21-13-25(34-2)26(35-3)14-23(21)31-28(22)33/h4-14,18H,15-17H2,1-3H3,(H,30,38)(H,31,33)/t18-/m1/s1. The van der Waals surface area contributed by atoms with Gasteiger partial charge in [0, 0.05) is 23.6 Å². The monoisotopic (exact) mass is 531 g/mol. The van der Waals surface area contributed by atoms with Crippen molar-refractivity contribution >= 4 is 28.2 Å². The van der Waals surface area contributed by atoms with E-state index < -0.39 is 0 Å². The summed E-state index contributed by atoms with van der Waals surface area (Å²) in [7, 11) is 3.15. The normalized spacial score (nSPS) is 12.7. The van der Waals surface area contributed by atoms with Crippen LogP contribution in [0.15, 0.2) is 71.5 Å². The number of ether oxygens (including phenoxy) is 4. The number of hydrogen-bond acceptors (Lipinski definition) is 6. The number of pyridine rings is 1. The van der Waals surface area contributed by atoms with Crippen LogP contribution in [0.25, 0.3) is 10.9 Å². The van der Waals surface area contributed by atoms with Crippen LogP contribution in [0.4, 0.5) is 0 Å². The van der Waals surface area contributed by atoms with Crippen molar-refractivity contribution in [3.63, 3.8) is 0 Å². The van der Waals surface area contributed by atoms with Gasteiger partial charge in [-0.2, -0.15) is 0 Å². The van der Waals surface area contributed by atoms with Crippen molar-refractivity contribution in [2.75, 3.05) is 21.0 Å². The van der Waals surface area contributed by atoms with E-state index in [1.807, 2.05) is 53.4 Å². The first-order valence-corrected chi connectivity index (χ1v) is 12.6. The number of nitrogens with zero attached hydrogens (tertiary/aromatic N) is 1. The fraction of sp³-hybridized carbons (Fsp3) is 0.241. The lowest BCUT2D eigenvalue weighted by Crippen LogP contribution is -2.41. The third-order valence-electron chi connectivity index (χ3n) is 6.52. The van der Waals surface area contributed by atoms with Gasteiger partial charge in [-0.3, -0.25) is 4.79 Å². The Morgan fingerprint density at radius 3 is 2.50 bits per heavy atom. The molecule has 0 spiro atoms. The third-order valence-corrected chi connectivity index (χ3v) is 6.90. The van der Waals surface area contributed by atoms with Gasteiger partial charge in [-0.1, -0.05) is 36.4 Å². The van der Waals surface area contributed by atoms with Gasteiger partial charge in [0.15, 0.2) is 28.1 Å². The highest BCUT2D eigenvalue weighted by atomic mass is 32.1. The first-order chi connectivity index (χ1) is 18.4. The Kier molecular flexibility index (Phi) is 7.37. The molecular formula is C29H29N3O5S. The molecular weight excluding hydrogens is 502 g/mol. The molecule has 3 aromatic carbocycles. The Morgan fingerprint density at radius 1 is 1.00 bits per heavy atom. The second kappa shape index (κ2) is 11.0. The summed E-state index contributed by atoms with van der Waals surface area (Å²) in [5.74, 6) is 2.55. The summed E-state index contributed by atoms with van der Waals surface area (Å²) in [5, 5.41) is 4.80. The van der Waals surface area contributed by atoms with E-state index in [1.54, 1.807) is 20.3 Å². The lowest BCUT2D eigenvalue weighted by atomic mass is 10.1. The smallest absolute Gasteiger partial charge is 0.253 e. The van der Waals surface area contributed by atoms with Crippen LogP contribution in [0.1, 0.15) is 29.7 Å². The summed E-state index contributed by atoms with van der Waals surface area (Å²) in [6.07, 6.45) is 0. The lowest BCUT2D eigenvalue weighted by Gasteiger charge is -2.28. The van der Waals surface area contributed by atoms with E-state index in [-0.39, 0.29) is 18.4 Å². The number of rotatable bonds is 8. The number of benzene rings is 3. The maximum atomic E-state index is 13.1. The van der Waals surface area contributed by atoms with Crippen molar-refractivity contribution in [3.8, 4) is 23.0 Å². The van der Waals surface area contributed by atoms with E-state index >= 15 is 0 Å². The number of nitrogens with one attached hydrogen (secondary N) is 2. The molecule has 1 aromatic heterocycles. The predicted molar refractivity (Wildman–Crippen MR) is 150 cm³/mol. The molecule has 0 amide bonds. The van der Waals surface area contributed by atoms with Crippen molar-refractivity contribution < 1.29 is 18.9 Å². The minimum atomic E-state index is -0.195. The van der Waals surface area contributed by atoms with Crippen LogP contribution in [0.2, 0.25) is 0 Å². The lowest BCUT2D eigenvalue weighted by molar-refractivity contribution is 0.174. The van der Waals surface area contributed by atoms with E-state index in [0.29, 0.717) is 52.3 Å². The molecule has 0 fully saturated rings. The molecule has 0 radical (unpaired) electrons. The summed E-state index contributed by atoms with van der Waals surface area (Å²) in [5.41, 5.74) is 3.13. The van der Waals surface area contributed by atoms with Crippen molar-refractivity contribution in [1.29, 1.82) is 0 Å². The number of H-pyrrole nitrogens is 1. The Hall–Kier alpha value is -4.24. The molecule has 1 atom stereocenters. The summed E-state index contributed by atoms with van der Waals surface area (Å²) < 4.78 is 21.9. The van der Waals surface area contributed by atoms with Crippen molar-refractivity contribution in [2.24, 2.45) is 0 Å². The Labute approximate surface area is 226 Å². The molecule has 5 rings (SSSR count). The highest BCUT2D eigenvalue weighted by molar-refractivity contribution is 7.80. The van der Waals surface area contributed by atoms with Crippen molar-refractivity contribution in [3.05, 3.63) is 93.8 Å². The van der Waals surface area contributed by atoms with Crippen LogP contribution < -0.4 is 29.8 Å². The number of thiocarbonyl (C=S) groups is 1. The fourth-order valence-corrected chi connectivity index (χ4v) is 4.77. The van der Waals surface area contributed by atoms with Gasteiger partial charge in [-0.15, -0.1) is 0 Å². The first-order valence-electron chi connectivity index (χ1n) is 12.2. The molecule has 0 aliphatic carbocycles. The molecule has 196 valence electrons. The molecule has 4 aromatic rings. The molecule has 2 heterocycles. The maximum Gasteiger partial charge on any atom is 0.253 e. The number of aromatic amines is 1. The summed E-state index contributed by atoms with van der Waals surface area (Å²) >= 11 is 5.87. The highest BCUT2D eigenvalue weighted by Gasteiger charge is 2.19. The minimum Gasteiger partial charge on any atom is -0.493 e. The zero-order valence-electron chi connectivity index (χ0n) is 21.4. The average molecular weight is 532 g/mol. The van der Waals surface area contributed by atoms with E-state index in [1.165, 1.54) is 0 Å². The number of hydrogen-bond donors (Lipinski definition) is 2. The number of methoxy groups -OCH3 is 2. The zero-order chi connectivity index (χ0) is 26.6. The van der Waals surface area contributed by atoms with E-state index in [0.717, 1.165) is 16.5 Å². The van der Waals surface area contributed by atoms with Crippen molar-refractivity contribution in [2.45, 2.75) is 26.1 Å². The van der Waals surface area contributed by atoms with Gasteiger partial charge in [0.2, 0.25) is 6.79 Å². The van der Waals surface area contributed by atoms with E-state index in [9.17, 15) is 4.79 Å². The largest absolute Gasteiger partial charge is 0.493 e. The second-order valence-corrected chi connectivity index (χ2v) is 9.43. The molecule has 9 heteroatoms. The Balaban J connectivity index is 1.46. The highest BCUT2D eigenvalue weighted by Crippen LogP contribution is 2.33. The van der Waals surface area contributed by atoms with Crippen LogP contribution in [0.5, 0.6) is 23.0 Å². The quantitative estimate of drug-likeness (QED) is 0.310. The predicted octanol–water partition coefficient (Wildman–Crippen LogP) is 4.91. The summed E-state index contributed by atoms with van der Waals surface area (Å²) in [4.78, 5) is 18.1. The van der Waals surface area contributed by atoms with Crippen LogP contribution >= 0.6 is 12.2 Å². The molecule has 0 bridgehead atoms. The van der Waals surface area contributed by atoms with Crippen LogP contribution in [-0.2, 0) is 13.1 Å². The number of aromatic nitrogens is 1. The Morgan fingerprint density at radius 2 is 1.74 bits per heavy atom. The fourth-order valence-electron chi connectivity index (χ4n) is 4.46. The third kappa shape index (κ3) is 5.38. The minimum absolute atomic E-state index is 0.0189. The molecule has 1 aliphatic rings. The van der Waals surface area contributed by atoms with Gasteiger partial charge < -0.3 is 34.1 Å². The second-order valence-electron chi connectivity index (χ2n) is 9.04. The van der Waals surface area contributed by atoms with Crippen LogP contribution in [0.3, 0.4) is 0 Å². The molecule has 0 saturated carbocycles. The average Bonchev–Trinajstić information content (AvgIpc) is 3.40. The summed E-state index contributed by atoms with van der Waals surface area (Å²) in [6, 6.07) is 21.4. The first kappa shape index (κ1) is 25.4. The topological polar surface area (TPSA) is 85.0 Å². The zero-order valence-corrected chi connectivity index (χ0v) is 22.3. The molecule has 0 unspecified atom stereocenters. The Bertz CT molecular complexity index is 1520. The summed E-state index contributed by atoms with van der Waals surface area (Å²) in [6.45, 7) is 3.02. The maximum absolute atomic E-state index is 13.1. The van der Waals surface area contributed by atoms with Crippen LogP contribution in [-0.4, -0.2) is 36.0 Å². The van der Waals surface area contributed by atoms with E-state index in [2.05, 4.69) is 29.4 Å². The van der Waals surface area contributed by atoms with Gasteiger partial charge >= 0.3 is 0 Å². The van der Waals surface area contributed by atoms with Gasteiger partial charge in [-0.05, 0) is 54.5 Å². The molecule has 8 nitrogen and oxygen atoms in total. The van der Waals surface area contributed by atoms with E-state index in [4.69, 9.17) is 31.2 Å². The molecule has 1 aliphatic heterocycles. The SMILES string of the molecule is COc1cc2cc(CN(Cc3ccc4c(c3)OCO4)C(=S)N[C@H](C)c3ccccc3)c(=O)[nH]c2cc1OC. The number of fused-ring (bicyclic) bond motifs is 2. The molecule has 2 N–H and O–H groups in total. The van der Waals surface area contributed by atoms with Gasteiger partial charge in [0.25, 0.3) is 5.56 Å².